The Balaban J connectivity index is 2.63. The molecule has 4 N–H and O–H groups in total. The molecule has 0 saturated carbocycles. The third-order valence-corrected chi connectivity index (χ3v) is 1.19. The van der Waals surface area contributed by atoms with Gasteiger partial charge in [0.1, 0.15) is 6.61 Å². The first kappa shape index (κ1) is 7.74. The molecule has 0 atom stereocenters. The van der Waals surface area contributed by atoms with Crippen molar-refractivity contribution in [2.75, 3.05) is 18.9 Å². The molecule has 0 aromatic carbocycles. The van der Waals surface area contributed by atoms with Gasteiger partial charge >= 0.3 is 0 Å². The van der Waals surface area contributed by atoms with Gasteiger partial charge in [0.15, 0.2) is 11.6 Å². The second-order valence-corrected chi connectivity index (χ2v) is 1.97. The number of nitrogens with zero attached hydrogens (tertiary/aromatic N) is 1. The molecule has 62 valence electrons. The molecule has 0 aliphatic heterocycles. The van der Waals surface area contributed by atoms with Crippen molar-refractivity contribution in [3.05, 3.63) is 12.3 Å². The highest BCUT2D eigenvalue weighted by Crippen LogP contribution is 2.18. The van der Waals surface area contributed by atoms with Crippen molar-refractivity contribution in [2.24, 2.45) is 0 Å². The minimum atomic E-state index is -0.0849. The topological polar surface area (TPSA) is 80.6 Å². The number of aliphatic hydroxyl groups excluding tert-OH is 1. The molecule has 0 unspecified atom stereocenters. The molecule has 0 aliphatic rings. The van der Waals surface area contributed by atoms with E-state index < -0.39 is 0 Å². The lowest BCUT2D eigenvalue weighted by atomic mass is 10.6. The maximum absolute atomic E-state index is 8.95. The zero-order valence-corrected chi connectivity index (χ0v) is 5.90. The summed E-state index contributed by atoms with van der Waals surface area (Å²) in [6, 6.07) is 1.41. The van der Waals surface area contributed by atoms with Crippen LogP contribution in [-0.4, -0.2) is 28.2 Å². The molecular formula is C6H10N2O3. The predicted molar refractivity (Wildman–Crippen MR) is 39.0 cm³/mol. The van der Waals surface area contributed by atoms with Crippen LogP contribution in [0, 0.1) is 0 Å². The fourth-order valence-corrected chi connectivity index (χ4v) is 0.669. The van der Waals surface area contributed by atoms with Gasteiger partial charge in [0.2, 0.25) is 0 Å². The number of nitrogens with two attached hydrogens (primary N) is 1. The molecule has 1 aromatic heterocycles. The predicted octanol–water partition coefficient (Wildman–Crippen LogP) is -0.803. The molecule has 0 amide bonds. The van der Waals surface area contributed by atoms with E-state index in [-0.39, 0.29) is 24.8 Å². The quantitative estimate of drug-likeness (QED) is 0.537. The van der Waals surface area contributed by atoms with E-state index in [1.807, 2.05) is 0 Å². The molecule has 0 bridgehead atoms. The van der Waals surface area contributed by atoms with E-state index in [0.717, 1.165) is 0 Å². The van der Waals surface area contributed by atoms with E-state index in [4.69, 9.17) is 20.8 Å². The van der Waals surface area contributed by atoms with Crippen LogP contribution in [0.3, 0.4) is 0 Å². The fourth-order valence-electron chi connectivity index (χ4n) is 0.669. The van der Waals surface area contributed by atoms with Gasteiger partial charge in [-0.25, -0.2) is 0 Å². The van der Waals surface area contributed by atoms with Gasteiger partial charge in [-0.15, -0.1) is 0 Å². The van der Waals surface area contributed by atoms with Gasteiger partial charge in [-0.2, -0.15) is 4.73 Å². The SMILES string of the molecule is Nc1c(O)ccn1OCCO. The highest BCUT2D eigenvalue weighted by atomic mass is 16.7. The van der Waals surface area contributed by atoms with Crippen molar-refractivity contribution in [2.45, 2.75) is 0 Å². The third-order valence-electron chi connectivity index (χ3n) is 1.19. The largest absolute Gasteiger partial charge is 0.504 e. The minimum Gasteiger partial charge on any atom is -0.504 e. The van der Waals surface area contributed by atoms with Crippen molar-refractivity contribution < 1.29 is 15.1 Å². The highest BCUT2D eigenvalue weighted by molar-refractivity contribution is 5.45. The number of hydrogen-bond acceptors (Lipinski definition) is 4. The fraction of sp³-hybridized carbons (Fsp3) is 0.333. The second kappa shape index (κ2) is 3.16. The molecule has 11 heavy (non-hydrogen) atoms. The van der Waals surface area contributed by atoms with Gasteiger partial charge in [0.25, 0.3) is 0 Å². The van der Waals surface area contributed by atoms with Crippen LogP contribution in [-0.2, 0) is 0 Å². The van der Waals surface area contributed by atoms with Crippen molar-refractivity contribution in [3.63, 3.8) is 0 Å². The number of anilines is 1. The van der Waals surface area contributed by atoms with Crippen LogP contribution in [0.15, 0.2) is 12.3 Å². The standard InChI is InChI=1S/C6H10N2O3/c7-6-5(10)1-2-8(6)11-4-3-9/h1-2,9-10H,3-4,7H2. The summed E-state index contributed by atoms with van der Waals surface area (Å²) in [5.41, 5.74) is 5.35. The minimum absolute atomic E-state index is 0.0251. The Hall–Kier alpha value is -1.36. The van der Waals surface area contributed by atoms with E-state index in [0.29, 0.717) is 0 Å². The Morgan fingerprint density at radius 3 is 2.82 bits per heavy atom. The summed E-state index contributed by atoms with van der Waals surface area (Å²) in [4.78, 5) is 4.89. The first-order chi connectivity index (χ1) is 5.25. The summed E-state index contributed by atoms with van der Waals surface area (Å²) in [5.74, 6) is 0.112. The monoisotopic (exact) mass is 158 g/mol. The zero-order valence-electron chi connectivity index (χ0n) is 5.90. The first-order valence-corrected chi connectivity index (χ1v) is 3.15. The Labute approximate surface area is 63.6 Å². The molecule has 0 spiro atoms. The Bertz CT molecular complexity index is 234. The van der Waals surface area contributed by atoms with Gasteiger partial charge in [-0.1, -0.05) is 0 Å². The van der Waals surface area contributed by atoms with E-state index in [9.17, 15) is 0 Å². The summed E-state index contributed by atoms with van der Waals surface area (Å²) < 4.78 is 1.20. The van der Waals surface area contributed by atoms with Crippen LogP contribution in [0.2, 0.25) is 0 Å². The van der Waals surface area contributed by atoms with Crippen molar-refractivity contribution in [1.82, 2.24) is 4.73 Å². The number of aliphatic hydroxyl groups is 1. The van der Waals surface area contributed by atoms with Gasteiger partial charge in [-0.05, 0) is 0 Å². The first-order valence-electron chi connectivity index (χ1n) is 3.15. The Morgan fingerprint density at radius 1 is 1.64 bits per heavy atom. The normalized spacial score (nSPS) is 9.91. The lowest BCUT2D eigenvalue weighted by Gasteiger charge is -2.05. The molecule has 5 heteroatoms. The summed E-state index contributed by atoms with van der Waals surface area (Å²) in [7, 11) is 0. The van der Waals surface area contributed by atoms with Gasteiger partial charge < -0.3 is 20.8 Å². The maximum atomic E-state index is 8.95. The van der Waals surface area contributed by atoms with Crippen molar-refractivity contribution in [3.8, 4) is 5.75 Å². The third kappa shape index (κ3) is 1.56. The average molecular weight is 158 g/mol. The van der Waals surface area contributed by atoms with E-state index in [1.165, 1.54) is 17.0 Å². The van der Waals surface area contributed by atoms with Crippen LogP contribution in [0.5, 0.6) is 5.75 Å². The molecular weight excluding hydrogens is 148 g/mol. The molecule has 0 aliphatic carbocycles. The van der Waals surface area contributed by atoms with E-state index >= 15 is 0 Å². The van der Waals surface area contributed by atoms with Gasteiger partial charge in [0.05, 0.1) is 6.61 Å². The smallest absolute Gasteiger partial charge is 0.181 e. The lowest BCUT2D eigenvalue weighted by Crippen LogP contribution is -2.16. The maximum Gasteiger partial charge on any atom is 0.181 e. The number of nitrogen functional groups attached to an aromatic ring is 1. The molecule has 1 heterocycles. The number of aromatic hydroxyl groups is 1. The van der Waals surface area contributed by atoms with Gasteiger partial charge in [-0.3, -0.25) is 0 Å². The molecule has 1 rings (SSSR count). The van der Waals surface area contributed by atoms with Crippen LogP contribution >= 0.6 is 0 Å². The Kier molecular flexibility index (Phi) is 2.22. The van der Waals surface area contributed by atoms with Crippen molar-refractivity contribution >= 4 is 5.82 Å². The van der Waals surface area contributed by atoms with E-state index in [1.54, 1.807) is 0 Å². The van der Waals surface area contributed by atoms with Crippen LogP contribution in [0.25, 0.3) is 0 Å². The van der Waals surface area contributed by atoms with Crippen LogP contribution in [0.1, 0.15) is 0 Å². The van der Waals surface area contributed by atoms with Crippen LogP contribution < -0.4 is 10.6 Å². The van der Waals surface area contributed by atoms with Gasteiger partial charge in [0, 0.05) is 12.3 Å². The zero-order chi connectivity index (χ0) is 8.27. The molecule has 1 aromatic rings. The number of aromatic nitrogens is 1. The molecule has 0 radical (unpaired) electrons. The second-order valence-electron chi connectivity index (χ2n) is 1.97. The summed E-state index contributed by atoms with van der Waals surface area (Å²) in [5, 5.41) is 17.3. The van der Waals surface area contributed by atoms with Crippen molar-refractivity contribution in [1.29, 1.82) is 0 Å². The van der Waals surface area contributed by atoms with E-state index in [2.05, 4.69) is 0 Å². The summed E-state index contributed by atoms with van der Waals surface area (Å²) in [6.45, 7) is 0.0662. The Morgan fingerprint density at radius 2 is 2.36 bits per heavy atom. The highest BCUT2D eigenvalue weighted by Gasteiger charge is 2.02. The summed E-state index contributed by atoms with van der Waals surface area (Å²) in [6.07, 6.45) is 1.47. The number of rotatable bonds is 3. The molecule has 0 saturated heterocycles. The van der Waals surface area contributed by atoms with Crippen LogP contribution in [0.4, 0.5) is 5.82 Å². The molecule has 0 fully saturated rings. The summed E-state index contributed by atoms with van der Waals surface area (Å²) >= 11 is 0. The lowest BCUT2D eigenvalue weighted by molar-refractivity contribution is 0.0793. The molecule has 5 nitrogen and oxygen atoms in total. The number of hydrogen-bond donors (Lipinski definition) is 3. The average Bonchev–Trinajstić information content (AvgIpc) is 2.31.